The van der Waals surface area contributed by atoms with E-state index in [9.17, 15) is 0 Å². The number of aromatic nitrogens is 3. The molecule has 2 aromatic carbocycles. The number of benzene rings is 2. The number of rotatable bonds is 2. The Morgan fingerprint density at radius 1 is 1.06 bits per heavy atom. The maximum absolute atomic E-state index is 5.73. The molecule has 0 aliphatic heterocycles. The largest absolute Gasteiger partial charge is 0.220 e. The maximum Gasteiger partial charge on any atom is 0.0979 e. The van der Waals surface area contributed by atoms with Crippen molar-refractivity contribution in [3.8, 4) is 5.69 Å². The predicted octanol–water partition coefficient (Wildman–Crippen LogP) is 3.16. The molecule has 0 radical (unpaired) electrons. The molecule has 0 fully saturated rings. The highest BCUT2D eigenvalue weighted by Crippen LogP contribution is 2.21. The molecule has 84 valence electrons. The van der Waals surface area contributed by atoms with Crippen molar-refractivity contribution in [2.45, 2.75) is 5.88 Å². The molecule has 1 aromatic heterocycles. The van der Waals surface area contributed by atoms with E-state index in [0.717, 1.165) is 16.8 Å². The highest BCUT2D eigenvalue weighted by atomic mass is 35.5. The minimum Gasteiger partial charge on any atom is -0.220 e. The third-order valence-electron chi connectivity index (χ3n) is 2.69. The van der Waals surface area contributed by atoms with Crippen LogP contribution in [0.1, 0.15) is 5.69 Å². The van der Waals surface area contributed by atoms with E-state index >= 15 is 0 Å². The van der Waals surface area contributed by atoms with Gasteiger partial charge in [0, 0.05) is 5.39 Å². The first-order valence-corrected chi connectivity index (χ1v) is 5.87. The van der Waals surface area contributed by atoms with Crippen molar-refractivity contribution in [3.05, 3.63) is 54.4 Å². The first-order valence-electron chi connectivity index (χ1n) is 5.34. The average Bonchev–Trinajstić information content (AvgIpc) is 2.87. The quantitative estimate of drug-likeness (QED) is 0.648. The summed E-state index contributed by atoms with van der Waals surface area (Å²) in [6.07, 6.45) is 1.86. The SMILES string of the molecule is ClCc1cn(-c2cccc3ccccc23)nn1. The molecule has 0 bridgehead atoms. The van der Waals surface area contributed by atoms with Crippen molar-refractivity contribution in [3.63, 3.8) is 0 Å². The van der Waals surface area contributed by atoms with Gasteiger partial charge in [-0.2, -0.15) is 0 Å². The van der Waals surface area contributed by atoms with Gasteiger partial charge in [0.15, 0.2) is 0 Å². The number of halogens is 1. The zero-order valence-corrected chi connectivity index (χ0v) is 9.80. The molecule has 0 atom stereocenters. The third-order valence-corrected chi connectivity index (χ3v) is 2.97. The van der Waals surface area contributed by atoms with Crippen LogP contribution in [-0.2, 0) is 5.88 Å². The fourth-order valence-electron chi connectivity index (χ4n) is 1.89. The average molecular weight is 244 g/mol. The second kappa shape index (κ2) is 4.18. The van der Waals surface area contributed by atoms with Crippen LogP contribution in [0.15, 0.2) is 48.7 Å². The molecule has 0 N–H and O–H groups in total. The lowest BCUT2D eigenvalue weighted by molar-refractivity contribution is 0.805. The highest BCUT2D eigenvalue weighted by Gasteiger charge is 2.05. The minimum atomic E-state index is 0.380. The van der Waals surface area contributed by atoms with Gasteiger partial charge in [-0.1, -0.05) is 41.6 Å². The van der Waals surface area contributed by atoms with E-state index in [0.29, 0.717) is 5.88 Å². The lowest BCUT2D eigenvalue weighted by Crippen LogP contribution is -1.95. The van der Waals surface area contributed by atoms with E-state index in [1.807, 2.05) is 30.5 Å². The molecule has 3 aromatic rings. The lowest BCUT2D eigenvalue weighted by Gasteiger charge is -2.04. The van der Waals surface area contributed by atoms with E-state index in [4.69, 9.17) is 11.6 Å². The van der Waals surface area contributed by atoms with Crippen molar-refractivity contribution < 1.29 is 0 Å². The molecule has 1 heterocycles. The third kappa shape index (κ3) is 1.78. The summed E-state index contributed by atoms with van der Waals surface area (Å²) in [5.41, 5.74) is 1.80. The molecule has 0 amide bonds. The normalized spacial score (nSPS) is 10.9. The molecule has 0 unspecified atom stereocenters. The standard InChI is InChI=1S/C13H10ClN3/c14-8-11-9-17(16-15-11)13-7-3-5-10-4-1-2-6-12(10)13/h1-7,9H,8H2. The van der Waals surface area contributed by atoms with Crippen LogP contribution in [-0.4, -0.2) is 15.0 Å². The van der Waals surface area contributed by atoms with E-state index in [1.165, 1.54) is 5.39 Å². The lowest BCUT2D eigenvalue weighted by atomic mass is 10.1. The number of nitrogens with zero attached hydrogens (tertiary/aromatic N) is 3. The first-order chi connectivity index (χ1) is 8.38. The molecule has 17 heavy (non-hydrogen) atoms. The molecular weight excluding hydrogens is 234 g/mol. The summed E-state index contributed by atoms with van der Waals surface area (Å²) in [5, 5.41) is 10.4. The smallest absolute Gasteiger partial charge is 0.0979 e. The summed E-state index contributed by atoms with van der Waals surface area (Å²) in [5.74, 6) is 0.380. The van der Waals surface area contributed by atoms with E-state index in [1.54, 1.807) is 4.68 Å². The van der Waals surface area contributed by atoms with Crippen molar-refractivity contribution in [2.24, 2.45) is 0 Å². The predicted molar refractivity (Wildman–Crippen MR) is 68.4 cm³/mol. The molecule has 0 saturated carbocycles. The topological polar surface area (TPSA) is 30.7 Å². The summed E-state index contributed by atoms with van der Waals surface area (Å²) >= 11 is 5.73. The Labute approximate surface area is 104 Å². The molecular formula is C13H10ClN3. The summed E-state index contributed by atoms with van der Waals surface area (Å²) in [6, 6.07) is 14.3. The second-order valence-corrected chi connectivity index (χ2v) is 4.05. The van der Waals surface area contributed by atoms with Crippen LogP contribution in [0.4, 0.5) is 0 Å². The Balaban J connectivity index is 2.23. The second-order valence-electron chi connectivity index (χ2n) is 3.79. The molecule has 0 saturated heterocycles. The van der Waals surface area contributed by atoms with Gasteiger partial charge in [-0.05, 0) is 11.5 Å². The van der Waals surface area contributed by atoms with Crippen LogP contribution in [0.2, 0.25) is 0 Å². The van der Waals surface area contributed by atoms with E-state index < -0.39 is 0 Å². The Kier molecular flexibility index (Phi) is 2.53. The van der Waals surface area contributed by atoms with Crippen molar-refractivity contribution in [1.82, 2.24) is 15.0 Å². The fourth-order valence-corrected chi connectivity index (χ4v) is 2.01. The number of fused-ring (bicyclic) bond motifs is 1. The Hall–Kier alpha value is -1.87. The Bertz CT molecular complexity index is 655. The van der Waals surface area contributed by atoms with Gasteiger partial charge >= 0.3 is 0 Å². The summed E-state index contributed by atoms with van der Waals surface area (Å²) < 4.78 is 1.76. The summed E-state index contributed by atoms with van der Waals surface area (Å²) in [4.78, 5) is 0. The van der Waals surface area contributed by atoms with Gasteiger partial charge in [0.1, 0.15) is 0 Å². The minimum absolute atomic E-state index is 0.380. The van der Waals surface area contributed by atoms with E-state index in [2.05, 4.69) is 28.5 Å². The number of hydrogen-bond donors (Lipinski definition) is 0. The van der Waals surface area contributed by atoms with Gasteiger partial charge < -0.3 is 0 Å². The monoisotopic (exact) mass is 243 g/mol. The Morgan fingerprint density at radius 3 is 2.71 bits per heavy atom. The van der Waals surface area contributed by atoms with Crippen molar-refractivity contribution in [1.29, 1.82) is 0 Å². The fraction of sp³-hybridized carbons (Fsp3) is 0.0769. The zero-order chi connectivity index (χ0) is 11.7. The van der Waals surface area contributed by atoms with Gasteiger partial charge in [-0.25, -0.2) is 4.68 Å². The Morgan fingerprint density at radius 2 is 1.88 bits per heavy atom. The van der Waals surface area contributed by atoms with Gasteiger partial charge in [0.2, 0.25) is 0 Å². The molecule has 0 aliphatic rings. The van der Waals surface area contributed by atoms with Crippen LogP contribution < -0.4 is 0 Å². The van der Waals surface area contributed by atoms with Crippen LogP contribution in [0.5, 0.6) is 0 Å². The van der Waals surface area contributed by atoms with Crippen molar-refractivity contribution in [2.75, 3.05) is 0 Å². The molecule has 4 heteroatoms. The zero-order valence-electron chi connectivity index (χ0n) is 9.05. The summed E-state index contributed by atoms with van der Waals surface area (Å²) in [6.45, 7) is 0. The maximum atomic E-state index is 5.73. The molecule has 0 aliphatic carbocycles. The van der Waals surface area contributed by atoms with Crippen LogP contribution in [0.25, 0.3) is 16.5 Å². The van der Waals surface area contributed by atoms with Gasteiger partial charge in [0.25, 0.3) is 0 Å². The molecule has 3 rings (SSSR count). The van der Waals surface area contributed by atoms with Gasteiger partial charge in [-0.15, -0.1) is 16.7 Å². The van der Waals surface area contributed by atoms with Crippen LogP contribution >= 0.6 is 11.6 Å². The molecule has 0 spiro atoms. The van der Waals surface area contributed by atoms with E-state index in [-0.39, 0.29) is 0 Å². The van der Waals surface area contributed by atoms with Crippen molar-refractivity contribution >= 4 is 22.4 Å². The molecule has 3 nitrogen and oxygen atoms in total. The van der Waals surface area contributed by atoms with Crippen LogP contribution in [0, 0.1) is 0 Å². The number of hydrogen-bond acceptors (Lipinski definition) is 2. The first kappa shape index (κ1) is 10.3. The summed E-state index contributed by atoms with van der Waals surface area (Å²) in [7, 11) is 0. The van der Waals surface area contributed by atoms with Gasteiger partial charge in [0.05, 0.1) is 23.5 Å². The van der Waals surface area contributed by atoms with Gasteiger partial charge in [-0.3, -0.25) is 0 Å². The van der Waals surface area contributed by atoms with Crippen LogP contribution in [0.3, 0.4) is 0 Å². The number of alkyl halides is 1. The highest BCUT2D eigenvalue weighted by molar-refractivity contribution is 6.16.